The van der Waals surface area contributed by atoms with Crippen LogP contribution in [0.4, 0.5) is 13.2 Å². The molecule has 0 saturated carbocycles. The average Bonchev–Trinajstić information content (AvgIpc) is 2.94. The summed E-state index contributed by atoms with van der Waals surface area (Å²) in [7, 11) is 1.34. The van der Waals surface area contributed by atoms with Crippen molar-refractivity contribution >= 4 is 11.8 Å². The molecule has 24 heavy (non-hydrogen) atoms. The van der Waals surface area contributed by atoms with E-state index in [-0.39, 0.29) is 24.9 Å². The van der Waals surface area contributed by atoms with Crippen molar-refractivity contribution < 1.29 is 22.8 Å². The molecule has 1 saturated heterocycles. The van der Waals surface area contributed by atoms with Crippen molar-refractivity contribution in [1.82, 2.24) is 20.0 Å². The predicted molar refractivity (Wildman–Crippen MR) is 80.1 cm³/mol. The zero-order chi connectivity index (χ0) is 17.9. The summed E-state index contributed by atoms with van der Waals surface area (Å²) in [5, 5.41) is 6.16. The van der Waals surface area contributed by atoms with E-state index >= 15 is 0 Å². The van der Waals surface area contributed by atoms with E-state index in [9.17, 15) is 22.8 Å². The molecule has 134 valence electrons. The Bertz CT molecular complexity index is 604. The second-order valence-corrected chi connectivity index (χ2v) is 5.92. The van der Waals surface area contributed by atoms with Crippen LogP contribution in [0.15, 0.2) is 6.20 Å². The van der Waals surface area contributed by atoms with Crippen molar-refractivity contribution in [3.63, 3.8) is 0 Å². The summed E-state index contributed by atoms with van der Waals surface area (Å²) in [5.41, 5.74) is -1.61. The zero-order valence-electron chi connectivity index (χ0n) is 13.7. The van der Waals surface area contributed by atoms with Crippen LogP contribution >= 0.6 is 0 Å². The maximum atomic E-state index is 13.0. The van der Waals surface area contributed by atoms with Gasteiger partial charge < -0.3 is 10.2 Å². The van der Waals surface area contributed by atoms with Crippen molar-refractivity contribution in [3.05, 3.63) is 17.5 Å². The Morgan fingerprint density at radius 2 is 1.96 bits per heavy atom. The smallest absolute Gasteiger partial charge is 0.356 e. The van der Waals surface area contributed by atoms with Crippen molar-refractivity contribution in [1.29, 1.82) is 0 Å². The van der Waals surface area contributed by atoms with E-state index in [1.807, 2.05) is 6.92 Å². The fourth-order valence-corrected chi connectivity index (χ4v) is 2.76. The van der Waals surface area contributed by atoms with Gasteiger partial charge in [-0.25, -0.2) is 0 Å². The van der Waals surface area contributed by atoms with Crippen molar-refractivity contribution in [3.8, 4) is 0 Å². The van der Waals surface area contributed by atoms with Crippen molar-refractivity contribution in [2.24, 2.45) is 13.0 Å². The molecule has 2 amide bonds. The molecular formula is C15H21F3N4O2. The fraction of sp³-hybridized carbons (Fsp3) is 0.667. The normalized spacial score (nSPS) is 16.3. The molecule has 0 bridgehead atoms. The molecule has 0 spiro atoms. The van der Waals surface area contributed by atoms with Gasteiger partial charge in [0.1, 0.15) is 0 Å². The van der Waals surface area contributed by atoms with Gasteiger partial charge in [-0.1, -0.05) is 6.92 Å². The number of alkyl halides is 3. The number of halogens is 3. The van der Waals surface area contributed by atoms with E-state index in [0.717, 1.165) is 17.3 Å². The summed E-state index contributed by atoms with van der Waals surface area (Å²) in [6.07, 6.45) is -1.86. The molecule has 0 aliphatic carbocycles. The second kappa shape index (κ2) is 7.23. The minimum atomic E-state index is -4.68. The molecule has 0 unspecified atom stereocenters. The molecule has 2 heterocycles. The highest BCUT2D eigenvalue weighted by atomic mass is 19.4. The Hall–Kier alpha value is -2.06. The van der Waals surface area contributed by atoms with Gasteiger partial charge in [0.15, 0.2) is 5.69 Å². The molecule has 1 aliphatic rings. The van der Waals surface area contributed by atoms with Crippen LogP contribution in [0.3, 0.4) is 0 Å². The molecule has 1 aromatic rings. The van der Waals surface area contributed by atoms with Crippen molar-refractivity contribution in [2.75, 3.05) is 19.6 Å². The zero-order valence-corrected chi connectivity index (χ0v) is 13.7. The Kier molecular flexibility index (Phi) is 5.51. The maximum Gasteiger partial charge on any atom is 0.435 e. The molecule has 6 nitrogen and oxygen atoms in total. The number of rotatable bonds is 4. The summed E-state index contributed by atoms with van der Waals surface area (Å²) >= 11 is 0. The number of carbonyl (C=O) groups excluding carboxylic acids is 2. The molecule has 1 aliphatic heterocycles. The molecular weight excluding hydrogens is 325 g/mol. The largest absolute Gasteiger partial charge is 0.435 e. The maximum absolute atomic E-state index is 13.0. The van der Waals surface area contributed by atoms with E-state index < -0.39 is 23.3 Å². The Labute approximate surface area is 138 Å². The SMILES string of the molecule is CCCNC(=O)C1CCN(C(=O)c2cn(C)nc2C(F)(F)F)CC1. The highest BCUT2D eigenvalue weighted by Gasteiger charge is 2.40. The average molecular weight is 346 g/mol. The van der Waals surface area contributed by atoms with Crippen LogP contribution in [0, 0.1) is 5.92 Å². The number of hydrogen-bond donors (Lipinski definition) is 1. The van der Waals surface area contributed by atoms with Gasteiger partial charge in [-0.2, -0.15) is 18.3 Å². The molecule has 0 radical (unpaired) electrons. The number of aromatic nitrogens is 2. The van der Waals surface area contributed by atoms with Gasteiger partial charge in [-0.15, -0.1) is 0 Å². The van der Waals surface area contributed by atoms with Crippen LogP contribution in [0.2, 0.25) is 0 Å². The number of likely N-dealkylation sites (tertiary alicyclic amines) is 1. The molecule has 9 heteroatoms. The van der Waals surface area contributed by atoms with Crippen LogP contribution in [0.25, 0.3) is 0 Å². The summed E-state index contributed by atoms with van der Waals surface area (Å²) in [4.78, 5) is 25.7. The van der Waals surface area contributed by atoms with Crippen LogP contribution in [0.5, 0.6) is 0 Å². The first kappa shape index (κ1) is 18.3. The van der Waals surface area contributed by atoms with Crippen LogP contribution in [0.1, 0.15) is 42.2 Å². The van der Waals surface area contributed by atoms with Crippen molar-refractivity contribution in [2.45, 2.75) is 32.4 Å². The first-order valence-electron chi connectivity index (χ1n) is 7.91. The Morgan fingerprint density at radius 1 is 1.33 bits per heavy atom. The fourth-order valence-electron chi connectivity index (χ4n) is 2.76. The standard InChI is InChI=1S/C15H21F3N4O2/c1-3-6-19-13(23)10-4-7-22(8-5-10)14(24)11-9-21(2)20-12(11)15(16,17)18/h9-10H,3-8H2,1-2H3,(H,19,23). The number of hydrogen-bond acceptors (Lipinski definition) is 3. The number of carbonyl (C=O) groups is 2. The van der Waals surface area contributed by atoms with Crippen LogP contribution in [-0.4, -0.2) is 46.1 Å². The summed E-state index contributed by atoms with van der Waals surface area (Å²) < 4.78 is 39.9. The molecule has 1 N–H and O–H groups in total. The molecule has 0 atom stereocenters. The van der Waals surface area contributed by atoms with E-state index in [2.05, 4.69) is 10.4 Å². The minimum Gasteiger partial charge on any atom is -0.356 e. The molecule has 2 rings (SSSR count). The lowest BCUT2D eigenvalue weighted by atomic mass is 9.95. The van der Waals surface area contributed by atoms with E-state index in [0.29, 0.717) is 19.4 Å². The quantitative estimate of drug-likeness (QED) is 0.904. The third-order valence-corrected chi connectivity index (χ3v) is 4.03. The highest BCUT2D eigenvalue weighted by Crippen LogP contribution is 2.31. The molecule has 1 aromatic heterocycles. The number of aryl methyl sites for hydroxylation is 1. The predicted octanol–water partition coefficient (Wildman–Crippen LogP) is 1.82. The highest BCUT2D eigenvalue weighted by molar-refractivity contribution is 5.95. The topological polar surface area (TPSA) is 67.2 Å². The molecule has 1 fully saturated rings. The van der Waals surface area contributed by atoms with Gasteiger partial charge in [0.2, 0.25) is 5.91 Å². The Balaban J connectivity index is 2.02. The van der Waals surface area contributed by atoms with Gasteiger partial charge in [0, 0.05) is 38.8 Å². The third kappa shape index (κ3) is 4.07. The Morgan fingerprint density at radius 3 is 2.50 bits per heavy atom. The lowest BCUT2D eigenvalue weighted by molar-refractivity contribution is -0.141. The number of nitrogens with zero attached hydrogens (tertiary/aromatic N) is 3. The summed E-state index contributed by atoms with van der Waals surface area (Å²) in [6, 6.07) is 0. The number of nitrogens with one attached hydrogen (secondary N) is 1. The van der Waals surface area contributed by atoms with Gasteiger partial charge >= 0.3 is 6.18 Å². The first-order valence-corrected chi connectivity index (χ1v) is 7.91. The van der Waals surface area contributed by atoms with Gasteiger partial charge in [-0.3, -0.25) is 14.3 Å². The van der Waals surface area contributed by atoms with E-state index in [4.69, 9.17) is 0 Å². The lowest BCUT2D eigenvalue weighted by Gasteiger charge is -2.31. The van der Waals surface area contributed by atoms with E-state index in [1.54, 1.807) is 0 Å². The number of piperidine rings is 1. The second-order valence-electron chi connectivity index (χ2n) is 5.92. The monoisotopic (exact) mass is 346 g/mol. The first-order chi connectivity index (χ1) is 11.2. The van der Waals surface area contributed by atoms with Gasteiger partial charge in [-0.05, 0) is 19.3 Å². The van der Waals surface area contributed by atoms with Crippen LogP contribution < -0.4 is 5.32 Å². The molecule has 0 aromatic carbocycles. The summed E-state index contributed by atoms with van der Waals surface area (Å²) in [5.74, 6) is -0.944. The van der Waals surface area contributed by atoms with E-state index in [1.165, 1.54) is 11.9 Å². The van der Waals surface area contributed by atoms with Crippen LogP contribution in [-0.2, 0) is 18.0 Å². The van der Waals surface area contributed by atoms with Gasteiger partial charge in [0.25, 0.3) is 5.91 Å². The van der Waals surface area contributed by atoms with Gasteiger partial charge in [0.05, 0.1) is 5.56 Å². The third-order valence-electron chi connectivity index (χ3n) is 4.03. The summed E-state index contributed by atoms with van der Waals surface area (Å²) in [6.45, 7) is 3.07. The minimum absolute atomic E-state index is 0.0543. The number of amides is 2. The lowest BCUT2D eigenvalue weighted by Crippen LogP contribution is -2.43.